The predicted molar refractivity (Wildman–Crippen MR) is 105 cm³/mol. The topological polar surface area (TPSA) is 125 Å². The van der Waals surface area contributed by atoms with Gasteiger partial charge in [-0.05, 0) is 11.6 Å². The quantitative estimate of drug-likeness (QED) is 0.277. The Labute approximate surface area is 169 Å². The van der Waals surface area contributed by atoms with Crippen LogP contribution in [0.3, 0.4) is 0 Å². The summed E-state index contributed by atoms with van der Waals surface area (Å²) in [6.45, 7) is 1.44. The molecule has 9 heteroatoms. The zero-order valence-corrected chi connectivity index (χ0v) is 16.0. The molecule has 0 bridgehead atoms. The highest BCUT2D eigenvalue weighted by Gasteiger charge is 2.16. The number of nitrogens with zero attached hydrogens (tertiary/aromatic N) is 2. The van der Waals surface area contributed by atoms with E-state index in [4.69, 9.17) is 10.4 Å². The standard InChI is InChI=1S/C20H26N4O5/c25-18-9-5-4-8-17(18)13-24(15-20(27)22-29)11-10-23(14-19(26)21-28)12-16-6-2-1-3-7-16/h1-9,25,28-29H,10-15H2,(H,21,26)(H,22,27). The van der Waals surface area contributed by atoms with E-state index in [1.807, 2.05) is 35.2 Å². The van der Waals surface area contributed by atoms with Crippen molar-refractivity contribution in [1.29, 1.82) is 0 Å². The van der Waals surface area contributed by atoms with E-state index in [0.717, 1.165) is 5.56 Å². The van der Waals surface area contributed by atoms with E-state index < -0.39 is 11.8 Å². The van der Waals surface area contributed by atoms with Gasteiger partial charge < -0.3 is 5.11 Å². The highest BCUT2D eigenvalue weighted by molar-refractivity contribution is 5.77. The normalized spacial score (nSPS) is 10.9. The first-order valence-corrected chi connectivity index (χ1v) is 9.13. The summed E-state index contributed by atoms with van der Waals surface area (Å²) in [6.07, 6.45) is 0. The second-order valence-electron chi connectivity index (χ2n) is 6.61. The number of aromatic hydroxyl groups is 1. The van der Waals surface area contributed by atoms with E-state index in [-0.39, 0.29) is 25.4 Å². The van der Waals surface area contributed by atoms with Crippen LogP contribution in [0.25, 0.3) is 0 Å². The van der Waals surface area contributed by atoms with E-state index in [1.165, 1.54) is 0 Å². The summed E-state index contributed by atoms with van der Waals surface area (Å²) in [6, 6.07) is 16.4. The number of benzene rings is 2. The summed E-state index contributed by atoms with van der Waals surface area (Å²) in [5.74, 6) is -1.01. The maximum Gasteiger partial charge on any atom is 0.257 e. The Morgan fingerprint density at radius 3 is 1.83 bits per heavy atom. The lowest BCUT2D eigenvalue weighted by Gasteiger charge is -2.27. The van der Waals surface area contributed by atoms with Crippen molar-refractivity contribution in [3.05, 3.63) is 65.7 Å². The molecule has 5 N–H and O–H groups in total. The summed E-state index contributed by atoms with van der Waals surface area (Å²) in [5.41, 5.74) is 4.88. The second kappa shape index (κ2) is 11.8. The lowest BCUT2D eigenvalue weighted by molar-refractivity contribution is -0.132. The average molecular weight is 402 g/mol. The van der Waals surface area contributed by atoms with Crippen LogP contribution in [0.2, 0.25) is 0 Å². The van der Waals surface area contributed by atoms with Gasteiger partial charge in [0.2, 0.25) is 0 Å². The highest BCUT2D eigenvalue weighted by atomic mass is 16.5. The molecule has 29 heavy (non-hydrogen) atoms. The van der Waals surface area contributed by atoms with Crippen LogP contribution >= 0.6 is 0 Å². The highest BCUT2D eigenvalue weighted by Crippen LogP contribution is 2.17. The summed E-state index contributed by atoms with van der Waals surface area (Å²) in [7, 11) is 0. The molecule has 0 aromatic heterocycles. The number of hydrogen-bond acceptors (Lipinski definition) is 7. The van der Waals surface area contributed by atoms with Gasteiger partial charge in [-0.2, -0.15) is 0 Å². The van der Waals surface area contributed by atoms with Crippen molar-refractivity contribution in [3.8, 4) is 5.75 Å². The largest absolute Gasteiger partial charge is 0.508 e. The molecule has 2 amide bonds. The fraction of sp³-hybridized carbons (Fsp3) is 0.300. The molecule has 0 atom stereocenters. The third-order valence-corrected chi connectivity index (χ3v) is 4.35. The number of hydrogen-bond donors (Lipinski definition) is 5. The maximum absolute atomic E-state index is 11.7. The van der Waals surface area contributed by atoms with E-state index >= 15 is 0 Å². The lowest BCUT2D eigenvalue weighted by Crippen LogP contribution is -2.42. The first-order valence-electron chi connectivity index (χ1n) is 9.13. The van der Waals surface area contributed by atoms with Gasteiger partial charge in [0, 0.05) is 31.7 Å². The molecule has 0 fully saturated rings. The Balaban J connectivity index is 2.07. The number of hydroxylamine groups is 2. The Morgan fingerprint density at radius 2 is 1.28 bits per heavy atom. The fourth-order valence-corrected chi connectivity index (χ4v) is 2.91. The van der Waals surface area contributed by atoms with Crippen LogP contribution in [0.5, 0.6) is 5.75 Å². The van der Waals surface area contributed by atoms with Crippen LogP contribution in [0.1, 0.15) is 11.1 Å². The molecule has 9 nitrogen and oxygen atoms in total. The van der Waals surface area contributed by atoms with Crippen LogP contribution < -0.4 is 11.0 Å². The van der Waals surface area contributed by atoms with Gasteiger partial charge >= 0.3 is 0 Å². The number of amides is 2. The summed E-state index contributed by atoms with van der Waals surface area (Å²) >= 11 is 0. The Kier molecular flexibility index (Phi) is 9.06. The Bertz CT molecular complexity index is 787. The predicted octanol–water partition coefficient (Wildman–Crippen LogP) is 0.707. The van der Waals surface area contributed by atoms with Gasteiger partial charge in [0.1, 0.15) is 5.75 Å². The van der Waals surface area contributed by atoms with Crippen molar-refractivity contribution in [2.75, 3.05) is 26.2 Å². The maximum atomic E-state index is 11.7. The van der Waals surface area contributed by atoms with E-state index in [9.17, 15) is 14.7 Å². The molecule has 0 aliphatic carbocycles. The molecule has 0 aliphatic rings. The number of nitrogens with one attached hydrogen (secondary N) is 2. The van der Waals surface area contributed by atoms with Gasteiger partial charge in [-0.15, -0.1) is 0 Å². The molecule has 0 unspecified atom stereocenters. The van der Waals surface area contributed by atoms with Crippen LogP contribution in [0.4, 0.5) is 0 Å². The minimum atomic E-state index is -0.580. The SMILES string of the molecule is O=C(CN(CCN(CC(=O)NO)Cc1ccccc1O)Cc1ccccc1)NO. The average Bonchev–Trinajstić information content (AvgIpc) is 2.73. The van der Waals surface area contributed by atoms with Gasteiger partial charge in [0.05, 0.1) is 13.1 Å². The minimum Gasteiger partial charge on any atom is -0.508 e. The second-order valence-corrected chi connectivity index (χ2v) is 6.61. The molecule has 0 saturated heterocycles. The number of para-hydroxylation sites is 1. The molecule has 2 aromatic rings. The third-order valence-electron chi connectivity index (χ3n) is 4.35. The minimum absolute atomic E-state index is 0.0258. The number of carbonyl (C=O) groups excluding carboxylic acids is 2. The Morgan fingerprint density at radius 1 is 0.759 bits per heavy atom. The van der Waals surface area contributed by atoms with Crippen molar-refractivity contribution in [3.63, 3.8) is 0 Å². The third kappa shape index (κ3) is 7.88. The van der Waals surface area contributed by atoms with Crippen molar-refractivity contribution >= 4 is 11.8 Å². The summed E-state index contributed by atoms with van der Waals surface area (Å²) in [4.78, 5) is 26.9. The van der Waals surface area contributed by atoms with Gasteiger partial charge in [0.15, 0.2) is 0 Å². The van der Waals surface area contributed by atoms with Gasteiger partial charge in [0.25, 0.3) is 11.8 Å². The van der Waals surface area contributed by atoms with Crippen molar-refractivity contribution in [1.82, 2.24) is 20.8 Å². The van der Waals surface area contributed by atoms with Gasteiger partial charge in [-0.3, -0.25) is 29.8 Å². The summed E-state index contributed by atoms with van der Waals surface area (Å²) in [5, 5.41) is 27.7. The van der Waals surface area contributed by atoms with Crippen molar-refractivity contribution in [2.24, 2.45) is 0 Å². The monoisotopic (exact) mass is 402 g/mol. The lowest BCUT2D eigenvalue weighted by atomic mass is 10.2. The number of carbonyl (C=O) groups is 2. The summed E-state index contributed by atoms with van der Waals surface area (Å²) < 4.78 is 0. The van der Waals surface area contributed by atoms with E-state index in [0.29, 0.717) is 25.2 Å². The van der Waals surface area contributed by atoms with Crippen LogP contribution in [-0.4, -0.2) is 63.3 Å². The van der Waals surface area contributed by atoms with Crippen LogP contribution in [0.15, 0.2) is 54.6 Å². The first kappa shape index (κ1) is 22.3. The molecular formula is C20H26N4O5. The zero-order valence-electron chi connectivity index (χ0n) is 16.0. The number of phenols is 1. The van der Waals surface area contributed by atoms with Crippen LogP contribution in [-0.2, 0) is 22.7 Å². The molecule has 2 rings (SSSR count). The molecule has 0 heterocycles. The molecule has 0 saturated carbocycles. The molecule has 0 spiro atoms. The van der Waals surface area contributed by atoms with E-state index in [1.54, 1.807) is 40.1 Å². The first-order chi connectivity index (χ1) is 14.0. The molecule has 0 aliphatic heterocycles. The smallest absolute Gasteiger partial charge is 0.257 e. The molecule has 0 radical (unpaired) electrons. The van der Waals surface area contributed by atoms with Gasteiger partial charge in [-0.1, -0.05) is 48.5 Å². The molecule has 156 valence electrons. The van der Waals surface area contributed by atoms with Gasteiger partial charge in [-0.25, -0.2) is 11.0 Å². The molecule has 2 aromatic carbocycles. The Hall–Kier alpha value is -2.98. The van der Waals surface area contributed by atoms with Crippen LogP contribution in [0, 0.1) is 0 Å². The van der Waals surface area contributed by atoms with Crippen molar-refractivity contribution < 1.29 is 25.1 Å². The van der Waals surface area contributed by atoms with Crippen molar-refractivity contribution in [2.45, 2.75) is 13.1 Å². The van der Waals surface area contributed by atoms with E-state index in [2.05, 4.69) is 0 Å². The number of rotatable bonds is 11. The molecular weight excluding hydrogens is 376 g/mol. The number of phenolic OH excluding ortho intramolecular Hbond substituents is 1. The fourth-order valence-electron chi connectivity index (χ4n) is 2.91. The zero-order chi connectivity index (χ0) is 21.1.